The van der Waals surface area contributed by atoms with Crippen LogP contribution < -0.4 is 5.73 Å². The first kappa shape index (κ1) is 11.7. The fraction of sp³-hybridized carbons (Fsp3) is 0.364. The third-order valence-electron chi connectivity index (χ3n) is 2.28. The molecule has 0 bridgehead atoms. The fourth-order valence-electron chi connectivity index (χ4n) is 1.35. The minimum Gasteiger partial charge on any atom is -0.465 e. The number of hydrogen-bond donors (Lipinski definition) is 2. The average molecular weight is 209 g/mol. The number of ether oxygens (including phenoxy) is 1. The van der Waals surface area contributed by atoms with Crippen molar-refractivity contribution in [3.63, 3.8) is 0 Å². The summed E-state index contributed by atoms with van der Waals surface area (Å²) < 4.78 is 4.61. The summed E-state index contributed by atoms with van der Waals surface area (Å²) in [6.07, 6.45) is 0. The van der Waals surface area contributed by atoms with Crippen molar-refractivity contribution < 1.29 is 14.6 Å². The van der Waals surface area contributed by atoms with E-state index in [9.17, 15) is 4.79 Å². The number of aliphatic hydroxyl groups excluding tert-OH is 1. The van der Waals surface area contributed by atoms with E-state index in [1.807, 2.05) is 6.07 Å². The van der Waals surface area contributed by atoms with Gasteiger partial charge in [-0.25, -0.2) is 4.79 Å². The summed E-state index contributed by atoms with van der Waals surface area (Å²) in [6, 6.07) is 6.94. The minimum atomic E-state index is -0.384. The van der Waals surface area contributed by atoms with Gasteiger partial charge in [-0.15, -0.1) is 0 Å². The van der Waals surface area contributed by atoms with Crippen LogP contribution in [0.25, 0.3) is 0 Å². The monoisotopic (exact) mass is 209 g/mol. The third kappa shape index (κ3) is 2.78. The molecule has 3 N–H and O–H groups in total. The Labute approximate surface area is 88.7 Å². The van der Waals surface area contributed by atoms with E-state index in [0.717, 1.165) is 5.56 Å². The van der Waals surface area contributed by atoms with Crippen molar-refractivity contribution in [2.75, 3.05) is 20.3 Å². The molecule has 0 heterocycles. The van der Waals surface area contributed by atoms with Gasteiger partial charge in [0.05, 0.1) is 19.3 Å². The van der Waals surface area contributed by atoms with E-state index in [0.29, 0.717) is 12.1 Å². The Morgan fingerprint density at radius 1 is 1.60 bits per heavy atom. The number of carbonyl (C=O) groups is 1. The first-order valence-electron chi connectivity index (χ1n) is 4.72. The van der Waals surface area contributed by atoms with E-state index in [1.165, 1.54) is 7.11 Å². The number of rotatable bonds is 4. The largest absolute Gasteiger partial charge is 0.465 e. The number of carbonyl (C=O) groups excluding carboxylic acids is 1. The summed E-state index contributed by atoms with van der Waals surface area (Å²) >= 11 is 0. The topological polar surface area (TPSA) is 72.5 Å². The molecule has 1 rings (SSSR count). The Balaban J connectivity index is 2.96. The average Bonchev–Trinajstić information content (AvgIpc) is 2.30. The quantitative estimate of drug-likeness (QED) is 0.708. The van der Waals surface area contributed by atoms with Gasteiger partial charge in [-0.2, -0.15) is 0 Å². The number of aliphatic hydroxyl groups is 1. The predicted octanol–water partition coefficient (Wildman–Crippen LogP) is 0.508. The molecule has 0 saturated carbocycles. The van der Waals surface area contributed by atoms with Gasteiger partial charge in [0, 0.05) is 12.5 Å². The summed E-state index contributed by atoms with van der Waals surface area (Å²) in [5, 5.41) is 9.07. The van der Waals surface area contributed by atoms with Gasteiger partial charge in [-0.3, -0.25) is 0 Å². The Hall–Kier alpha value is -1.39. The molecule has 15 heavy (non-hydrogen) atoms. The first-order valence-corrected chi connectivity index (χ1v) is 4.72. The molecule has 0 aliphatic carbocycles. The SMILES string of the molecule is COC(=O)c1cccc(C(CN)CO)c1. The van der Waals surface area contributed by atoms with Gasteiger partial charge < -0.3 is 15.6 Å². The Morgan fingerprint density at radius 3 is 2.87 bits per heavy atom. The van der Waals surface area contributed by atoms with Crippen molar-refractivity contribution in [3.8, 4) is 0 Å². The summed E-state index contributed by atoms with van der Waals surface area (Å²) in [5.74, 6) is -0.514. The van der Waals surface area contributed by atoms with Crippen molar-refractivity contribution in [1.82, 2.24) is 0 Å². The second-order valence-corrected chi connectivity index (χ2v) is 3.23. The molecule has 0 saturated heterocycles. The fourth-order valence-corrected chi connectivity index (χ4v) is 1.35. The summed E-state index contributed by atoms with van der Waals surface area (Å²) in [5.41, 5.74) is 6.82. The van der Waals surface area contributed by atoms with Crippen LogP contribution in [-0.4, -0.2) is 31.3 Å². The third-order valence-corrected chi connectivity index (χ3v) is 2.28. The minimum absolute atomic E-state index is 0.0267. The predicted molar refractivity (Wildman–Crippen MR) is 56.7 cm³/mol. The van der Waals surface area contributed by atoms with E-state index in [2.05, 4.69) is 4.74 Å². The van der Waals surface area contributed by atoms with Gasteiger partial charge in [0.25, 0.3) is 0 Å². The van der Waals surface area contributed by atoms with Gasteiger partial charge in [0.2, 0.25) is 0 Å². The second-order valence-electron chi connectivity index (χ2n) is 3.23. The second kappa shape index (κ2) is 5.48. The van der Waals surface area contributed by atoms with Crippen LogP contribution in [-0.2, 0) is 4.74 Å². The molecule has 1 atom stereocenters. The molecule has 0 aliphatic rings. The van der Waals surface area contributed by atoms with Gasteiger partial charge in [0.15, 0.2) is 0 Å². The van der Waals surface area contributed by atoms with Crippen LogP contribution in [0, 0.1) is 0 Å². The number of benzene rings is 1. The van der Waals surface area contributed by atoms with Crippen LogP contribution >= 0.6 is 0 Å². The van der Waals surface area contributed by atoms with Gasteiger partial charge in [-0.1, -0.05) is 12.1 Å². The Bertz CT molecular complexity index is 334. The van der Waals surface area contributed by atoms with E-state index >= 15 is 0 Å². The molecule has 0 radical (unpaired) electrons. The zero-order valence-electron chi connectivity index (χ0n) is 8.64. The molecule has 0 amide bonds. The van der Waals surface area contributed by atoms with E-state index in [1.54, 1.807) is 18.2 Å². The van der Waals surface area contributed by atoms with Crippen molar-refractivity contribution in [3.05, 3.63) is 35.4 Å². The highest BCUT2D eigenvalue weighted by Crippen LogP contribution is 2.16. The van der Waals surface area contributed by atoms with Crippen molar-refractivity contribution >= 4 is 5.97 Å². The summed E-state index contributed by atoms with van der Waals surface area (Å²) in [4.78, 5) is 11.2. The van der Waals surface area contributed by atoms with E-state index in [-0.39, 0.29) is 18.5 Å². The lowest BCUT2D eigenvalue weighted by Gasteiger charge is -2.12. The molecule has 0 spiro atoms. The highest BCUT2D eigenvalue weighted by Gasteiger charge is 2.11. The molecular weight excluding hydrogens is 194 g/mol. The Kier molecular flexibility index (Phi) is 4.27. The van der Waals surface area contributed by atoms with Crippen molar-refractivity contribution in [2.24, 2.45) is 5.73 Å². The molecular formula is C11H15NO3. The molecule has 82 valence electrons. The highest BCUT2D eigenvalue weighted by molar-refractivity contribution is 5.89. The van der Waals surface area contributed by atoms with Gasteiger partial charge in [0.1, 0.15) is 0 Å². The number of nitrogens with two attached hydrogens (primary N) is 1. The van der Waals surface area contributed by atoms with Crippen LogP contribution in [0.15, 0.2) is 24.3 Å². The molecule has 0 aromatic heterocycles. The van der Waals surface area contributed by atoms with Crippen LogP contribution in [0.4, 0.5) is 0 Å². The molecule has 1 aromatic carbocycles. The maximum atomic E-state index is 11.2. The van der Waals surface area contributed by atoms with Crippen LogP contribution in [0.1, 0.15) is 21.8 Å². The lowest BCUT2D eigenvalue weighted by molar-refractivity contribution is 0.0600. The Morgan fingerprint density at radius 2 is 2.33 bits per heavy atom. The standard InChI is InChI=1S/C11H15NO3/c1-15-11(14)9-4-2-3-8(5-9)10(6-12)7-13/h2-5,10,13H,6-7,12H2,1H3. The van der Waals surface area contributed by atoms with Gasteiger partial charge in [-0.05, 0) is 17.7 Å². The molecule has 1 unspecified atom stereocenters. The van der Waals surface area contributed by atoms with E-state index in [4.69, 9.17) is 10.8 Å². The van der Waals surface area contributed by atoms with Gasteiger partial charge >= 0.3 is 5.97 Å². The number of hydrogen-bond acceptors (Lipinski definition) is 4. The van der Waals surface area contributed by atoms with Crippen LogP contribution in [0.3, 0.4) is 0 Å². The zero-order chi connectivity index (χ0) is 11.3. The number of esters is 1. The summed E-state index contributed by atoms with van der Waals surface area (Å²) in [6.45, 7) is 0.322. The maximum Gasteiger partial charge on any atom is 0.337 e. The maximum absolute atomic E-state index is 11.2. The lowest BCUT2D eigenvalue weighted by atomic mass is 9.98. The van der Waals surface area contributed by atoms with Crippen LogP contribution in [0.5, 0.6) is 0 Å². The molecule has 1 aromatic rings. The van der Waals surface area contributed by atoms with E-state index < -0.39 is 0 Å². The molecule has 0 aliphatic heterocycles. The zero-order valence-corrected chi connectivity index (χ0v) is 8.64. The normalized spacial score (nSPS) is 12.2. The first-order chi connectivity index (χ1) is 7.22. The molecule has 0 fully saturated rings. The number of methoxy groups -OCH3 is 1. The van der Waals surface area contributed by atoms with Crippen molar-refractivity contribution in [1.29, 1.82) is 0 Å². The smallest absolute Gasteiger partial charge is 0.337 e. The molecule has 4 nitrogen and oxygen atoms in total. The highest BCUT2D eigenvalue weighted by atomic mass is 16.5. The lowest BCUT2D eigenvalue weighted by Crippen LogP contribution is -2.16. The molecule has 4 heteroatoms. The van der Waals surface area contributed by atoms with Crippen molar-refractivity contribution in [2.45, 2.75) is 5.92 Å². The van der Waals surface area contributed by atoms with Crippen LogP contribution in [0.2, 0.25) is 0 Å². The summed E-state index contributed by atoms with van der Waals surface area (Å²) in [7, 11) is 1.33.